The van der Waals surface area contributed by atoms with Gasteiger partial charge in [0.15, 0.2) is 0 Å². The number of rotatable bonds is 7. The lowest BCUT2D eigenvalue weighted by Gasteiger charge is -2.32. The van der Waals surface area contributed by atoms with E-state index in [9.17, 15) is 9.59 Å². The largest absolute Gasteiger partial charge is 0.481 e. The molecule has 1 fully saturated rings. The highest BCUT2D eigenvalue weighted by Crippen LogP contribution is 2.33. The Balaban J connectivity index is 1.92. The van der Waals surface area contributed by atoms with Crippen LogP contribution in [0.15, 0.2) is 24.3 Å². The molecule has 1 aliphatic rings. The van der Waals surface area contributed by atoms with Crippen LogP contribution in [0, 0.1) is 18.3 Å². The zero-order valence-corrected chi connectivity index (χ0v) is 15.4. The Morgan fingerprint density at radius 1 is 1.24 bits per heavy atom. The van der Waals surface area contributed by atoms with Gasteiger partial charge in [0.2, 0.25) is 5.91 Å². The first-order chi connectivity index (χ1) is 11.8. The van der Waals surface area contributed by atoms with Crippen LogP contribution in [0.2, 0.25) is 0 Å². The highest BCUT2D eigenvalue weighted by Gasteiger charge is 2.29. The molecule has 2 rings (SSSR count). The number of aliphatic carboxylic acids is 1. The molecule has 1 aliphatic heterocycles. The van der Waals surface area contributed by atoms with Crippen LogP contribution in [0.5, 0.6) is 0 Å². The van der Waals surface area contributed by atoms with Gasteiger partial charge in [-0.25, -0.2) is 0 Å². The highest BCUT2D eigenvalue weighted by atomic mass is 16.5. The normalized spacial score (nSPS) is 20.9. The second kappa shape index (κ2) is 8.48. The number of amides is 1. The number of nitrogens with one attached hydrogen (secondary N) is 1. The molecule has 25 heavy (non-hydrogen) atoms. The number of carbonyl (C=O) groups excluding carboxylic acids is 1. The predicted molar refractivity (Wildman–Crippen MR) is 96.3 cm³/mol. The Morgan fingerprint density at radius 2 is 1.92 bits per heavy atom. The lowest BCUT2D eigenvalue weighted by molar-refractivity contribution is -0.139. The van der Waals surface area contributed by atoms with Crippen LogP contribution < -0.4 is 5.32 Å². The number of benzene rings is 1. The molecule has 0 radical (unpaired) electrons. The van der Waals surface area contributed by atoms with Gasteiger partial charge in [0.25, 0.3) is 0 Å². The minimum absolute atomic E-state index is 0.00156. The van der Waals surface area contributed by atoms with Gasteiger partial charge in [0, 0.05) is 25.5 Å². The molecular weight excluding hydrogens is 318 g/mol. The summed E-state index contributed by atoms with van der Waals surface area (Å²) in [6.07, 6.45) is 2.20. The fourth-order valence-electron chi connectivity index (χ4n) is 3.39. The van der Waals surface area contributed by atoms with Gasteiger partial charge in [-0.15, -0.1) is 0 Å². The van der Waals surface area contributed by atoms with Crippen molar-refractivity contribution in [2.45, 2.75) is 52.6 Å². The van der Waals surface area contributed by atoms with E-state index in [4.69, 9.17) is 9.84 Å². The number of ether oxygens (including phenoxy) is 1. The average Bonchev–Trinajstić information content (AvgIpc) is 2.52. The molecule has 138 valence electrons. The Hall–Kier alpha value is -1.88. The summed E-state index contributed by atoms with van der Waals surface area (Å²) in [6.45, 7) is 6.97. The summed E-state index contributed by atoms with van der Waals surface area (Å²) in [4.78, 5) is 23.1. The molecular formula is C20H29NO4. The first kappa shape index (κ1) is 19.4. The van der Waals surface area contributed by atoms with Crippen LogP contribution in [0.25, 0.3) is 0 Å². The maximum atomic E-state index is 12.2. The molecule has 1 heterocycles. The summed E-state index contributed by atoms with van der Waals surface area (Å²) in [5.41, 5.74) is 1.82. The monoisotopic (exact) mass is 347 g/mol. The molecule has 0 aliphatic carbocycles. The van der Waals surface area contributed by atoms with E-state index in [2.05, 4.69) is 36.5 Å². The van der Waals surface area contributed by atoms with Crippen LogP contribution in [-0.4, -0.2) is 30.1 Å². The van der Waals surface area contributed by atoms with Crippen molar-refractivity contribution in [2.75, 3.05) is 13.2 Å². The van der Waals surface area contributed by atoms with E-state index in [-0.39, 0.29) is 30.8 Å². The van der Waals surface area contributed by atoms with Gasteiger partial charge in [-0.2, -0.15) is 0 Å². The minimum Gasteiger partial charge on any atom is -0.481 e. The van der Waals surface area contributed by atoms with Crippen LogP contribution in [0.1, 0.15) is 56.8 Å². The zero-order chi connectivity index (χ0) is 18.4. The van der Waals surface area contributed by atoms with Gasteiger partial charge in [-0.1, -0.05) is 43.7 Å². The number of carboxylic acid groups (broad SMARTS) is 1. The summed E-state index contributed by atoms with van der Waals surface area (Å²) >= 11 is 0. The van der Waals surface area contributed by atoms with Gasteiger partial charge in [0.1, 0.15) is 0 Å². The second-order valence-electron chi connectivity index (χ2n) is 7.82. The van der Waals surface area contributed by atoms with Crippen LogP contribution >= 0.6 is 0 Å². The van der Waals surface area contributed by atoms with Gasteiger partial charge >= 0.3 is 5.97 Å². The van der Waals surface area contributed by atoms with Crippen molar-refractivity contribution in [2.24, 2.45) is 11.3 Å². The molecule has 0 spiro atoms. The van der Waals surface area contributed by atoms with E-state index >= 15 is 0 Å². The number of aryl methyl sites for hydroxylation is 1. The molecule has 1 aromatic rings. The molecule has 1 aromatic carbocycles. The molecule has 2 atom stereocenters. The third-order valence-corrected chi connectivity index (χ3v) is 4.68. The Bertz CT molecular complexity index is 594. The molecule has 2 unspecified atom stereocenters. The molecule has 2 N–H and O–H groups in total. The van der Waals surface area contributed by atoms with E-state index in [0.29, 0.717) is 6.54 Å². The maximum Gasteiger partial charge on any atom is 0.303 e. The third-order valence-electron chi connectivity index (χ3n) is 4.68. The van der Waals surface area contributed by atoms with Gasteiger partial charge in [-0.3, -0.25) is 9.59 Å². The molecule has 0 bridgehead atoms. The summed E-state index contributed by atoms with van der Waals surface area (Å²) in [5, 5.41) is 11.9. The van der Waals surface area contributed by atoms with Crippen LogP contribution in [0.4, 0.5) is 0 Å². The van der Waals surface area contributed by atoms with E-state index in [0.717, 1.165) is 25.0 Å². The van der Waals surface area contributed by atoms with Crippen molar-refractivity contribution < 1.29 is 19.4 Å². The predicted octanol–water partition coefficient (Wildman–Crippen LogP) is 3.47. The molecule has 1 amide bonds. The number of carboxylic acids is 1. The van der Waals surface area contributed by atoms with Crippen molar-refractivity contribution in [1.82, 2.24) is 5.32 Å². The zero-order valence-electron chi connectivity index (χ0n) is 15.4. The van der Waals surface area contributed by atoms with Crippen LogP contribution in [0.3, 0.4) is 0 Å². The van der Waals surface area contributed by atoms with Crippen LogP contribution in [-0.2, 0) is 14.3 Å². The third kappa shape index (κ3) is 6.16. The second-order valence-corrected chi connectivity index (χ2v) is 7.82. The molecule has 5 nitrogen and oxygen atoms in total. The lowest BCUT2D eigenvalue weighted by Crippen LogP contribution is -2.37. The van der Waals surface area contributed by atoms with Gasteiger partial charge in [-0.05, 0) is 30.7 Å². The molecule has 1 saturated heterocycles. The van der Waals surface area contributed by atoms with Gasteiger partial charge in [0.05, 0.1) is 12.5 Å². The number of carbonyl (C=O) groups is 2. The van der Waals surface area contributed by atoms with E-state index < -0.39 is 11.4 Å². The van der Waals surface area contributed by atoms with Crippen molar-refractivity contribution in [3.8, 4) is 0 Å². The quantitative estimate of drug-likeness (QED) is 0.792. The summed E-state index contributed by atoms with van der Waals surface area (Å²) in [6, 6.07) is 8.35. The fourth-order valence-corrected chi connectivity index (χ4v) is 3.39. The van der Waals surface area contributed by atoms with Crippen molar-refractivity contribution in [1.29, 1.82) is 0 Å². The average molecular weight is 347 g/mol. The first-order valence-electron chi connectivity index (χ1n) is 8.93. The highest BCUT2D eigenvalue weighted by molar-refractivity contribution is 5.77. The first-order valence-corrected chi connectivity index (χ1v) is 8.93. The molecule has 0 saturated carbocycles. The number of hydrogen-bond acceptors (Lipinski definition) is 3. The van der Waals surface area contributed by atoms with E-state index in [1.165, 1.54) is 5.56 Å². The standard InChI is InChI=1S/C20H29NO4/c1-14-6-8-15(9-7-14)19-16(5-4-10-25-19)13-21-17(22)11-20(2,3)12-18(23)24/h6-9,16,19H,4-5,10-13H2,1-3H3,(H,21,22)(H,23,24). The van der Waals surface area contributed by atoms with Crippen molar-refractivity contribution in [3.63, 3.8) is 0 Å². The Morgan fingerprint density at radius 3 is 2.56 bits per heavy atom. The Kier molecular flexibility index (Phi) is 6.59. The smallest absolute Gasteiger partial charge is 0.303 e. The van der Waals surface area contributed by atoms with E-state index in [1.54, 1.807) is 13.8 Å². The number of hydrogen-bond donors (Lipinski definition) is 2. The van der Waals surface area contributed by atoms with E-state index in [1.807, 2.05) is 0 Å². The fraction of sp³-hybridized carbons (Fsp3) is 0.600. The minimum atomic E-state index is -0.877. The Labute approximate surface area is 149 Å². The van der Waals surface area contributed by atoms with Crippen molar-refractivity contribution >= 4 is 11.9 Å². The topological polar surface area (TPSA) is 75.6 Å². The SMILES string of the molecule is Cc1ccc(C2OCCCC2CNC(=O)CC(C)(C)CC(=O)O)cc1. The lowest BCUT2D eigenvalue weighted by atomic mass is 9.85. The summed E-state index contributed by atoms with van der Waals surface area (Å²) in [7, 11) is 0. The van der Waals surface area contributed by atoms with Gasteiger partial charge < -0.3 is 15.2 Å². The summed E-state index contributed by atoms with van der Waals surface area (Å²) in [5.74, 6) is -0.736. The summed E-state index contributed by atoms with van der Waals surface area (Å²) < 4.78 is 5.97. The molecule has 0 aromatic heterocycles. The van der Waals surface area contributed by atoms with Crippen molar-refractivity contribution in [3.05, 3.63) is 35.4 Å². The molecule has 5 heteroatoms. The maximum absolute atomic E-state index is 12.2.